The summed E-state index contributed by atoms with van der Waals surface area (Å²) in [7, 11) is 1.22. The van der Waals surface area contributed by atoms with Gasteiger partial charge in [-0.3, -0.25) is 4.72 Å². The van der Waals surface area contributed by atoms with Crippen molar-refractivity contribution in [2.45, 2.75) is 17.7 Å². The number of benzene rings is 1. The minimum atomic E-state index is -3.86. The van der Waals surface area contributed by atoms with Gasteiger partial charge < -0.3 is 14.5 Å². The van der Waals surface area contributed by atoms with E-state index in [0.29, 0.717) is 23.2 Å². The third-order valence-electron chi connectivity index (χ3n) is 4.25. The molecule has 0 unspecified atom stereocenters. The largest absolute Gasteiger partial charge is 0.495 e. The summed E-state index contributed by atoms with van der Waals surface area (Å²) in [5.41, 5.74) is 0.301. The Morgan fingerprint density at radius 1 is 1.26 bits per heavy atom. The van der Waals surface area contributed by atoms with E-state index in [0.717, 1.165) is 25.9 Å². The van der Waals surface area contributed by atoms with Crippen molar-refractivity contribution in [3.63, 3.8) is 0 Å². The van der Waals surface area contributed by atoms with Crippen molar-refractivity contribution in [3.05, 3.63) is 29.4 Å². The van der Waals surface area contributed by atoms with Crippen LogP contribution in [0.4, 0.5) is 17.5 Å². The van der Waals surface area contributed by atoms with Gasteiger partial charge in [0.2, 0.25) is 5.95 Å². The van der Waals surface area contributed by atoms with E-state index in [4.69, 9.17) is 16.3 Å². The minimum Gasteiger partial charge on any atom is -0.495 e. The molecule has 8 nitrogen and oxygen atoms in total. The summed E-state index contributed by atoms with van der Waals surface area (Å²) in [6.45, 7) is 1.81. The second kappa shape index (κ2) is 7.77. The van der Waals surface area contributed by atoms with Crippen LogP contribution in [0.3, 0.4) is 0 Å². The highest BCUT2D eigenvalue weighted by molar-refractivity contribution is 7.92. The number of methoxy groups -OCH3 is 1. The standard InChI is InChI=1S/C17H22ClN5O3S/c1-22(2)16-14(11-19-17(20-16)23-8-4-5-9-23)21-27(24,25)12-6-7-15(26-3)13(18)10-12/h6-7,10-11,21H,4-5,8-9H2,1-3H3. The summed E-state index contributed by atoms with van der Waals surface area (Å²) < 4.78 is 33.2. The van der Waals surface area contributed by atoms with Crippen molar-refractivity contribution in [2.24, 2.45) is 0 Å². The van der Waals surface area contributed by atoms with Crippen LogP contribution in [0.15, 0.2) is 29.3 Å². The number of halogens is 1. The highest BCUT2D eigenvalue weighted by atomic mass is 35.5. The summed E-state index contributed by atoms with van der Waals surface area (Å²) >= 11 is 6.06. The first kappa shape index (κ1) is 19.5. The van der Waals surface area contributed by atoms with Crippen molar-refractivity contribution in [3.8, 4) is 5.75 Å². The molecule has 0 spiro atoms. The van der Waals surface area contributed by atoms with Crippen molar-refractivity contribution < 1.29 is 13.2 Å². The van der Waals surface area contributed by atoms with E-state index in [1.165, 1.54) is 31.5 Å². The van der Waals surface area contributed by atoms with Crippen LogP contribution < -0.4 is 19.3 Å². The molecule has 146 valence electrons. The van der Waals surface area contributed by atoms with Crippen LogP contribution in [-0.2, 0) is 10.0 Å². The molecule has 1 aromatic heterocycles. The molecule has 0 amide bonds. The van der Waals surface area contributed by atoms with Crippen LogP contribution in [0.1, 0.15) is 12.8 Å². The third-order valence-corrected chi connectivity index (χ3v) is 5.90. The number of anilines is 3. The molecule has 2 heterocycles. The Kier molecular flexibility index (Phi) is 5.61. The Bertz CT molecular complexity index is 930. The number of aromatic nitrogens is 2. The Morgan fingerprint density at radius 3 is 2.56 bits per heavy atom. The SMILES string of the molecule is COc1ccc(S(=O)(=O)Nc2cnc(N3CCCC3)nc2N(C)C)cc1Cl. The van der Waals surface area contributed by atoms with Crippen molar-refractivity contribution >= 4 is 39.1 Å². The van der Waals surface area contributed by atoms with E-state index < -0.39 is 10.0 Å². The monoisotopic (exact) mass is 411 g/mol. The summed E-state index contributed by atoms with van der Waals surface area (Å²) in [5, 5.41) is 0.217. The Balaban J connectivity index is 1.92. The first-order valence-electron chi connectivity index (χ1n) is 8.47. The smallest absolute Gasteiger partial charge is 0.262 e. The molecule has 3 rings (SSSR count). The fourth-order valence-corrected chi connectivity index (χ4v) is 4.26. The van der Waals surface area contributed by atoms with Gasteiger partial charge in [-0.05, 0) is 31.0 Å². The summed E-state index contributed by atoms with van der Waals surface area (Å²) in [5.74, 6) is 1.50. The molecule has 1 saturated heterocycles. The average Bonchev–Trinajstić information content (AvgIpc) is 3.16. The van der Waals surface area contributed by atoms with Crippen LogP contribution in [0.2, 0.25) is 5.02 Å². The predicted molar refractivity (Wildman–Crippen MR) is 107 cm³/mol. The van der Waals surface area contributed by atoms with Gasteiger partial charge in [0.25, 0.3) is 10.0 Å². The van der Waals surface area contributed by atoms with Gasteiger partial charge in [-0.2, -0.15) is 4.98 Å². The number of hydrogen-bond acceptors (Lipinski definition) is 7. The zero-order chi connectivity index (χ0) is 19.6. The topological polar surface area (TPSA) is 87.7 Å². The maximum absolute atomic E-state index is 12.8. The third kappa shape index (κ3) is 4.19. The summed E-state index contributed by atoms with van der Waals surface area (Å²) in [6.07, 6.45) is 3.71. The Hall–Kier alpha value is -2.26. The van der Waals surface area contributed by atoms with Gasteiger partial charge in [0, 0.05) is 27.2 Å². The van der Waals surface area contributed by atoms with Crippen LogP contribution in [0.5, 0.6) is 5.75 Å². The maximum atomic E-state index is 12.8. The molecular weight excluding hydrogens is 390 g/mol. The molecular formula is C17H22ClN5O3S. The van der Waals surface area contributed by atoms with Gasteiger partial charge in [-0.25, -0.2) is 13.4 Å². The molecule has 1 aliphatic rings. The lowest BCUT2D eigenvalue weighted by molar-refractivity contribution is 0.414. The van der Waals surface area contributed by atoms with Crippen LogP contribution in [0, 0.1) is 0 Å². The highest BCUT2D eigenvalue weighted by Crippen LogP contribution is 2.30. The quantitative estimate of drug-likeness (QED) is 0.781. The molecule has 0 aliphatic carbocycles. The predicted octanol–water partition coefficient (Wildman–Crippen LogP) is 2.61. The summed E-state index contributed by atoms with van der Waals surface area (Å²) in [4.78, 5) is 12.8. The number of ether oxygens (including phenoxy) is 1. The molecule has 0 atom stereocenters. The van der Waals surface area contributed by atoms with E-state index in [-0.39, 0.29) is 9.92 Å². The molecule has 0 bridgehead atoms. The van der Waals surface area contributed by atoms with Crippen LogP contribution in [-0.4, -0.2) is 52.7 Å². The number of rotatable bonds is 6. The van der Waals surface area contributed by atoms with Gasteiger partial charge in [0.05, 0.1) is 23.2 Å². The van der Waals surface area contributed by atoms with Crippen LogP contribution in [0.25, 0.3) is 0 Å². The molecule has 1 aromatic carbocycles. The lowest BCUT2D eigenvalue weighted by atomic mass is 10.3. The van der Waals surface area contributed by atoms with Gasteiger partial charge >= 0.3 is 0 Å². The van der Waals surface area contributed by atoms with E-state index >= 15 is 0 Å². The van der Waals surface area contributed by atoms with Gasteiger partial charge in [-0.15, -0.1) is 0 Å². The fourth-order valence-electron chi connectivity index (χ4n) is 2.86. The lowest BCUT2D eigenvalue weighted by Crippen LogP contribution is -2.24. The normalized spacial score (nSPS) is 14.3. The molecule has 1 aliphatic heterocycles. The minimum absolute atomic E-state index is 0.0293. The molecule has 27 heavy (non-hydrogen) atoms. The second-order valence-electron chi connectivity index (χ2n) is 6.40. The zero-order valence-corrected chi connectivity index (χ0v) is 17.0. The zero-order valence-electron chi connectivity index (χ0n) is 15.4. The lowest BCUT2D eigenvalue weighted by Gasteiger charge is -2.21. The first-order valence-corrected chi connectivity index (χ1v) is 10.3. The molecule has 1 fully saturated rings. The average molecular weight is 412 g/mol. The first-order chi connectivity index (χ1) is 12.8. The molecule has 10 heteroatoms. The van der Waals surface area contributed by atoms with E-state index in [1.54, 1.807) is 19.0 Å². The summed E-state index contributed by atoms with van der Waals surface area (Å²) in [6, 6.07) is 4.29. The molecule has 1 N–H and O–H groups in total. The number of nitrogens with one attached hydrogen (secondary N) is 1. The number of nitrogens with zero attached hydrogens (tertiary/aromatic N) is 4. The molecule has 0 saturated carbocycles. The number of sulfonamides is 1. The van der Waals surface area contributed by atoms with Crippen LogP contribution >= 0.6 is 11.6 Å². The second-order valence-corrected chi connectivity index (χ2v) is 8.49. The fraction of sp³-hybridized carbons (Fsp3) is 0.412. The molecule has 0 radical (unpaired) electrons. The van der Waals surface area contributed by atoms with Gasteiger partial charge in [0.15, 0.2) is 5.82 Å². The Labute approximate surface area is 164 Å². The van der Waals surface area contributed by atoms with E-state index in [9.17, 15) is 8.42 Å². The highest BCUT2D eigenvalue weighted by Gasteiger charge is 2.22. The van der Waals surface area contributed by atoms with E-state index in [2.05, 4.69) is 19.6 Å². The maximum Gasteiger partial charge on any atom is 0.262 e. The van der Waals surface area contributed by atoms with Crippen molar-refractivity contribution in [1.29, 1.82) is 0 Å². The van der Waals surface area contributed by atoms with Crippen molar-refractivity contribution in [2.75, 3.05) is 48.8 Å². The van der Waals surface area contributed by atoms with Crippen molar-refractivity contribution in [1.82, 2.24) is 9.97 Å². The van der Waals surface area contributed by atoms with Gasteiger partial charge in [0.1, 0.15) is 11.4 Å². The molecule has 2 aromatic rings. The van der Waals surface area contributed by atoms with E-state index in [1.807, 2.05) is 0 Å². The van der Waals surface area contributed by atoms with Gasteiger partial charge in [-0.1, -0.05) is 11.6 Å². The number of hydrogen-bond donors (Lipinski definition) is 1. The Morgan fingerprint density at radius 2 is 1.96 bits per heavy atom.